The summed E-state index contributed by atoms with van der Waals surface area (Å²) in [5, 5.41) is 12.9. The van der Waals surface area contributed by atoms with E-state index in [1.165, 1.54) is 0 Å². The van der Waals surface area contributed by atoms with Crippen LogP contribution in [0.25, 0.3) is 0 Å². The number of carboxylic acids is 1. The van der Waals surface area contributed by atoms with E-state index < -0.39 is 5.97 Å². The van der Waals surface area contributed by atoms with Crippen LogP contribution < -0.4 is 27.0 Å². The monoisotopic (exact) mass is 326 g/mol. The van der Waals surface area contributed by atoms with Crippen LogP contribution in [0.15, 0.2) is 0 Å². The number of anilines is 3. The molecule has 0 saturated heterocycles. The van der Waals surface area contributed by atoms with E-state index >= 15 is 0 Å². The Labute approximate surface area is 135 Å². The fourth-order valence-corrected chi connectivity index (χ4v) is 1.65. The summed E-state index contributed by atoms with van der Waals surface area (Å²) < 4.78 is 0. The Bertz CT molecular complexity index is 475. The van der Waals surface area contributed by atoms with Crippen molar-refractivity contribution in [1.29, 1.82) is 0 Å². The predicted molar refractivity (Wildman–Crippen MR) is 88.7 cm³/mol. The number of carbonyl (C=O) groups is 1. The minimum atomic E-state index is -1.01. The average molecular weight is 326 g/mol. The van der Waals surface area contributed by atoms with Crippen molar-refractivity contribution in [2.75, 3.05) is 35.8 Å². The highest BCUT2D eigenvalue weighted by atomic mass is 16.4. The van der Waals surface area contributed by atoms with E-state index in [0.717, 1.165) is 38.8 Å². The first-order valence-corrected chi connectivity index (χ1v) is 7.81. The van der Waals surface area contributed by atoms with Crippen molar-refractivity contribution in [3.63, 3.8) is 0 Å². The maximum atomic E-state index is 10.6. The van der Waals surface area contributed by atoms with Gasteiger partial charge in [-0.2, -0.15) is 15.0 Å². The number of rotatable bonds is 12. The molecule has 1 rings (SSSR count). The van der Waals surface area contributed by atoms with Crippen LogP contribution in [-0.4, -0.2) is 45.7 Å². The van der Waals surface area contributed by atoms with Crippen LogP contribution in [0.5, 0.6) is 0 Å². The number of unbranched alkanes of at least 4 members (excludes halogenated alkanes) is 2. The largest absolute Gasteiger partial charge is 0.480 e. The first-order valence-electron chi connectivity index (χ1n) is 7.81. The van der Waals surface area contributed by atoms with Crippen molar-refractivity contribution in [1.82, 2.24) is 25.8 Å². The van der Waals surface area contributed by atoms with Crippen molar-refractivity contribution in [2.45, 2.75) is 39.5 Å². The molecule has 0 atom stereocenters. The summed E-state index contributed by atoms with van der Waals surface area (Å²) in [6.07, 6.45) is 4.11. The molecule has 1 aromatic rings. The zero-order chi connectivity index (χ0) is 17.1. The van der Waals surface area contributed by atoms with E-state index in [1.807, 2.05) is 0 Å². The number of carboxylic acid groups (broad SMARTS) is 1. The summed E-state index contributed by atoms with van der Waals surface area (Å²) in [4.78, 5) is 22.8. The second-order valence-corrected chi connectivity index (χ2v) is 4.92. The molecule has 0 aliphatic heterocycles. The SMILES string of the molecule is CCCCNN(NCCCC)c1nc(N)nc(NCC(=O)O)n1. The Balaban J connectivity index is 2.82. The molecule has 23 heavy (non-hydrogen) atoms. The Morgan fingerprint density at radius 2 is 1.74 bits per heavy atom. The Kier molecular flexibility index (Phi) is 8.62. The van der Waals surface area contributed by atoms with Gasteiger partial charge in [-0.15, -0.1) is 0 Å². The topological polar surface area (TPSA) is 141 Å². The predicted octanol–water partition coefficient (Wildman–Crippen LogP) is 0.366. The highest BCUT2D eigenvalue weighted by molar-refractivity contribution is 5.71. The summed E-state index contributed by atoms with van der Waals surface area (Å²) in [7, 11) is 0. The molecule has 130 valence electrons. The molecule has 1 aromatic heterocycles. The highest BCUT2D eigenvalue weighted by Gasteiger charge is 2.12. The quantitative estimate of drug-likeness (QED) is 0.270. The van der Waals surface area contributed by atoms with Gasteiger partial charge in [0, 0.05) is 13.1 Å². The van der Waals surface area contributed by atoms with Crippen LogP contribution in [0.2, 0.25) is 0 Å². The van der Waals surface area contributed by atoms with Crippen molar-refractivity contribution < 1.29 is 9.90 Å². The smallest absolute Gasteiger partial charge is 0.322 e. The summed E-state index contributed by atoms with van der Waals surface area (Å²) in [6.45, 7) is 5.41. The molecule has 6 N–H and O–H groups in total. The van der Waals surface area contributed by atoms with Gasteiger partial charge in [-0.05, 0) is 12.8 Å². The van der Waals surface area contributed by atoms with E-state index in [4.69, 9.17) is 10.8 Å². The van der Waals surface area contributed by atoms with Crippen LogP contribution >= 0.6 is 0 Å². The van der Waals surface area contributed by atoms with E-state index in [1.54, 1.807) is 5.12 Å². The van der Waals surface area contributed by atoms with Gasteiger partial charge >= 0.3 is 5.97 Å². The molecule has 0 saturated carbocycles. The molecule has 0 fully saturated rings. The molecule has 0 aliphatic rings. The lowest BCUT2D eigenvalue weighted by atomic mass is 10.3. The summed E-state index contributed by atoms with van der Waals surface area (Å²) >= 11 is 0. The first kappa shape index (κ1) is 18.8. The lowest BCUT2D eigenvalue weighted by Crippen LogP contribution is -2.50. The highest BCUT2D eigenvalue weighted by Crippen LogP contribution is 2.09. The van der Waals surface area contributed by atoms with E-state index in [2.05, 4.69) is 45.0 Å². The number of nitrogen functional groups attached to an aromatic ring is 1. The van der Waals surface area contributed by atoms with Gasteiger partial charge in [0.05, 0.1) is 0 Å². The number of aliphatic carboxylic acids is 1. The minimum absolute atomic E-state index is 0.0162. The van der Waals surface area contributed by atoms with Crippen LogP contribution in [0.1, 0.15) is 39.5 Å². The van der Waals surface area contributed by atoms with Gasteiger partial charge in [-0.1, -0.05) is 26.7 Å². The zero-order valence-electron chi connectivity index (χ0n) is 13.7. The number of nitrogens with two attached hydrogens (primary N) is 1. The number of hydrogen-bond donors (Lipinski definition) is 5. The molecule has 0 spiro atoms. The molecule has 0 aliphatic carbocycles. The van der Waals surface area contributed by atoms with Gasteiger partial charge in [-0.3, -0.25) is 4.79 Å². The third-order valence-electron chi connectivity index (χ3n) is 2.84. The normalized spacial score (nSPS) is 10.5. The molecule has 1 heterocycles. The maximum Gasteiger partial charge on any atom is 0.322 e. The van der Waals surface area contributed by atoms with Gasteiger partial charge in [-0.25, -0.2) is 16.0 Å². The molecule has 0 amide bonds. The molecular formula is C13H26N8O2. The molecular weight excluding hydrogens is 300 g/mol. The van der Waals surface area contributed by atoms with Crippen LogP contribution in [0.3, 0.4) is 0 Å². The Morgan fingerprint density at radius 3 is 2.26 bits per heavy atom. The van der Waals surface area contributed by atoms with Crippen LogP contribution in [0, 0.1) is 0 Å². The molecule has 10 nitrogen and oxygen atoms in total. The van der Waals surface area contributed by atoms with Crippen molar-refractivity contribution in [3.05, 3.63) is 0 Å². The van der Waals surface area contributed by atoms with Gasteiger partial charge in [0.25, 0.3) is 5.95 Å². The van der Waals surface area contributed by atoms with Gasteiger partial charge in [0.2, 0.25) is 11.9 Å². The van der Waals surface area contributed by atoms with E-state index in [9.17, 15) is 4.79 Å². The van der Waals surface area contributed by atoms with Crippen molar-refractivity contribution in [3.8, 4) is 0 Å². The van der Waals surface area contributed by atoms with E-state index in [-0.39, 0.29) is 24.4 Å². The third kappa shape index (κ3) is 7.56. The van der Waals surface area contributed by atoms with E-state index in [0.29, 0.717) is 0 Å². The lowest BCUT2D eigenvalue weighted by molar-refractivity contribution is -0.134. The van der Waals surface area contributed by atoms with Crippen molar-refractivity contribution in [2.24, 2.45) is 0 Å². The lowest BCUT2D eigenvalue weighted by Gasteiger charge is -2.24. The molecule has 0 radical (unpaired) electrons. The fraction of sp³-hybridized carbons (Fsp3) is 0.692. The number of nitrogens with one attached hydrogen (secondary N) is 3. The van der Waals surface area contributed by atoms with Gasteiger partial charge in [0.1, 0.15) is 6.54 Å². The average Bonchev–Trinajstić information content (AvgIpc) is 2.51. The number of hydrogen-bond acceptors (Lipinski definition) is 9. The third-order valence-corrected chi connectivity index (χ3v) is 2.84. The van der Waals surface area contributed by atoms with Crippen molar-refractivity contribution >= 4 is 23.8 Å². The first-order chi connectivity index (χ1) is 11.1. The Morgan fingerprint density at radius 1 is 1.13 bits per heavy atom. The molecule has 0 aromatic carbocycles. The molecule has 0 unspecified atom stereocenters. The summed E-state index contributed by atoms with van der Waals surface area (Å²) in [5.41, 5.74) is 12.1. The van der Waals surface area contributed by atoms with Gasteiger partial charge < -0.3 is 16.2 Å². The summed E-state index contributed by atoms with van der Waals surface area (Å²) in [6, 6.07) is 0. The standard InChI is InChI=1S/C13H26N8O2/c1-3-5-7-16-21(17-8-6-4-2)13-19-11(14)18-12(20-13)15-9-10(22)23/h16-17H,3-9H2,1-2H3,(H,22,23)(H3,14,15,18,19,20). The van der Waals surface area contributed by atoms with Crippen LogP contribution in [-0.2, 0) is 4.79 Å². The Hall–Kier alpha value is -2.20. The minimum Gasteiger partial charge on any atom is -0.480 e. The summed E-state index contributed by atoms with van der Waals surface area (Å²) in [5.74, 6) is -0.584. The fourth-order valence-electron chi connectivity index (χ4n) is 1.65. The molecule has 10 heteroatoms. The second kappa shape index (κ2) is 10.5. The zero-order valence-corrected chi connectivity index (χ0v) is 13.7. The number of nitrogens with zero attached hydrogens (tertiary/aromatic N) is 4. The second-order valence-electron chi connectivity index (χ2n) is 4.92. The number of aromatic nitrogens is 3. The number of hydrazine groups is 2. The van der Waals surface area contributed by atoms with Gasteiger partial charge in [0.15, 0.2) is 0 Å². The van der Waals surface area contributed by atoms with Crippen LogP contribution in [0.4, 0.5) is 17.8 Å². The molecule has 0 bridgehead atoms. The maximum absolute atomic E-state index is 10.6.